The molecule has 0 fully saturated rings. The van der Waals surface area contributed by atoms with E-state index in [2.05, 4.69) is 10.1 Å². The lowest BCUT2D eigenvalue weighted by atomic mass is 10.1. The molecule has 0 atom stereocenters. The molecule has 0 aliphatic carbocycles. The van der Waals surface area contributed by atoms with Crippen LogP contribution in [0.25, 0.3) is 0 Å². The van der Waals surface area contributed by atoms with E-state index in [0.717, 1.165) is 30.8 Å². The summed E-state index contributed by atoms with van der Waals surface area (Å²) in [6.45, 7) is 1.78. The van der Waals surface area contributed by atoms with Crippen molar-refractivity contribution in [1.82, 2.24) is 5.32 Å². The van der Waals surface area contributed by atoms with Gasteiger partial charge in [0.05, 0.1) is 7.11 Å². The van der Waals surface area contributed by atoms with Crippen LogP contribution in [0.5, 0.6) is 0 Å². The molecule has 1 aromatic rings. The average Bonchev–Trinajstić information content (AvgIpc) is 2.59. The maximum atomic E-state index is 11.0. The molecule has 0 unspecified atom stereocenters. The van der Waals surface area contributed by atoms with Gasteiger partial charge in [0.1, 0.15) is 17.9 Å². The largest absolute Gasteiger partial charge is 0.469 e. The van der Waals surface area contributed by atoms with Crippen LogP contribution in [0.15, 0.2) is 10.5 Å². The predicted octanol–water partition coefficient (Wildman–Crippen LogP) is 0.641. The average molecular weight is 195 g/mol. The Morgan fingerprint density at radius 2 is 2.57 bits per heavy atom. The summed E-state index contributed by atoms with van der Waals surface area (Å²) in [5, 5.41) is 3.25. The van der Waals surface area contributed by atoms with Crippen molar-refractivity contribution in [3.8, 4) is 0 Å². The van der Waals surface area contributed by atoms with Crippen LogP contribution >= 0.6 is 0 Å². The molecule has 0 aromatic carbocycles. The Morgan fingerprint density at radius 3 is 3.29 bits per heavy atom. The van der Waals surface area contributed by atoms with E-state index in [1.165, 1.54) is 7.11 Å². The summed E-state index contributed by atoms with van der Waals surface area (Å²) in [5.74, 6) is 1.44. The topological polar surface area (TPSA) is 51.5 Å². The highest BCUT2D eigenvalue weighted by atomic mass is 16.5. The van der Waals surface area contributed by atoms with Gasteiger partial charge in [0.2, 0.25) is 0 Å². The van der Waals surface area contributed by atoms with Crippen LogP contribution in [0, 0.1) is 0 Å². The quantitative estimate of drug-likeness (QED) is 0.704. The molecule has 4 heteroatoms. The standard InChI is InChI=1S/C10H13NO3/c1-13-10(12)5-8-4-7-6-11-3-2-9(7)14-8/h4,11H,2-3,5-6H2,1H3. The van der Waals surface area contributed by atoms with Gasteiger partial charge in [-0.25, -0.2) is 0 Å². The highest BCUT2D eigenvalue weighted by Crippen LogP contribution is 2.19. The molecule has 0 spiro atoms. The number of hydrogen-bond acceptors (Lipinski definition) is 4. The minimum atomic E-state index is -0.260. The Labute approximate surface area is 82.2 Å². The number of ether oxygens (including phenoxy) is 1. The van der Waals surface area contributed by atoms with Crippen LogP contribution in [-0.4, -0.2) is 19.6 Å². The van der Waals surface area contributed by atoms with Crippen LogP contribution in [0.2, 0.25) is 0 Å². The molecular formula is C10H13NO3. The normalized spacial score (nSPS) is 14.9. The zero-order valence-corrected chi connectivity index (χ0v) is 8.13. The maximum absolute atomic E-state index is 11.0. The number of esters is 1. The molecule has 0 amide bonds. The van der Waals surface area contributed by atoms with Crippen LogP contribution in [0.3, 0.4) is 0 Å². The summed E-state index contributed by atoms with van der Waals surface area (Å²) in [6, 6.07) is 1.93. The fraction of sp³-hybridized carbons (Fsp3) is 0.500. The van der Waals surface area contributed by atoms with Crippen LogP contribution in [0.4, 0.5) is 0 Å². The van der Waals surface area contributed by atoms with Crippen molar-refractivity contribution in [3.05, 3.63) is 23.2 Å². The monoisotopic (exact) mass is 195 g/mol. The van der Waals surface area contributed by atoms with Crippen molar-refractivity contribution in [3.63, 3.8) is 0 Å². The molecule has 2 rings (SSSR count). The second-order valence-electron chi connectivity index (χ2n) is 3.34. The molecule has 14 heavy (non-hydrogen) atoms. The number of fused-ring (bicyclic) bond motifs is 1. The summed E-state index contributed by atoms with van der Waals surface area (Å²) in [6.07, 6.45) is 1.13. The molecule has 0 radical (unpaired) electrons. The van der Waals surface area contributed by atoms with Gasteiger partial charge < -0.3 is 14.5 Å². The zero-order valence-electron chi connectivity index (χ0n) is 8.13. The smallest absolute Gasteiger partial charge is 0.313 e. The number of furan rings is 1. The fourth-order valence-electron chi connectivity index (χ4n) is 1.62. The molecule has 0 bridgehead atoms. The van der Waals surface area contributed by atoms with Gasteiger partial charge in [-0.1, -0.05) is 0 Å². The zero-order chi connectivity index (χ0) is 9.97. The van der Waals surface area contributed by atoms with Gasteiger partial charge in [0, 0.05) is 25.1 Å². The third-order valence-electron chi connectivity index (χ3n) is 2.34. The van der Waals surface area contributed by atoms with Gasteiger partial charge in [-0.2, -0.15) is 0 Å². The Balaban J connectivity index is 2.12. The molecule has 1 N–H and O–H groups in total. The second kappa shape index (κ2) is 3.84. The number of carbonyl (C=O) groups excluding carboxylic acids is 1. The maximum Gasteiger partial charge on any atom is 0.313 e. The van der Waals surface area contributed by atoms with Crippen LogP contribution < -0.4 is 5.32 Å². The Hall–Kier alpha value is -1.29. The molecule has 4 nitrogen and oxygen atoms in total. The van der Waals surface area contributed by atoms with Crippen molar-refractivity contribution in [2.24, 2.45) is 0 Å². The van der Waals surface area contributed by atoms with Gasteiger partial charge in [-0.3, -0.25) is 4.79 Å². The van der Waals surface area contributed by atoms with Crippen molar-refractivity contribution in [1.29, 1.82) is 0 Å². The minimum absolute atomic E-state index is 0.226. The number of nitrogens with one attached hydrogen (secondary N) is 1. The Morgan fingerprint density at radius 1 is 1.71 bits per heavy atom. The molecular weight excluding hydrogens is 182 g/mol. The third-order valence-corrected chi connectivity index (χ3v) is 2.34. The number of carbonyl (C=O) groups is 1. The van der Waals surface area contributed by atoms with Gasteiger partial charge in [0.25, 0.3) is 0 Å². The van der Waals surface area contributed by atoms with E-state index in [9.17, 15) is 4.79 Å². The van der Waals surface area contributed by atoms with E-state index in [4.69, 9.17) is 4.42 Å². The van der Waals surface area contributed by atoms with Gasteiger partial charge in [0.15, 0.2) is 0 Å². The molecule has 1 aromatic heterocycles. The summed E-state index contributed by atoms with van der Waals surface area (Å²) < 4.78 is 10.1. The van der Waals surface area contributed by atoms with Crippen molar-refractivity contribution >= 4 is 5.97 Å². The first-order valence-electron chi connectivity index (χ1n) is 4.67. The fourth-order valence-corrected chi connectivity index (χ4v) is 1.62. The molecule has 1 aliphatic heterocycles. The van der Waals surface area contributed by atoms with E-state index >= 15 is 0 Å². The van der Waals surface area contributed by atoms with Crippen molar-refractivity contribution in [2.75, 3.05) is 13.7 Å². The van der Waals surface area contributed by atoms with E-state index in [-0.39, 0.29) is 12.4 Å². The predicted molar refractivity (Wildman–Crippen MR) is 49.8 cm³/mol. The molecule has 76 valence electrons. The highest BCUT2D eigenvalue weighted by Gasteiger charge is 2.16. The number of methoxy groups -OCH3 is 1. The first-order chi connectivity index (χ1) is 6.79. The van der Waals surface area contributed by atoms with Gasteiger partial charge in [-0.05, 0) is 6.07 Å². The molecule has 0 saturated heterocycles. The second-order valence-corrected chi connectivity index (χ2v) is 3.34. The van der Waals surface area contributed by atoms with Gasteiger partial charge in [-0.15, -0.1) is 0 Å². The summed E-state index contributed by atoms with van der Waals surface area (Å²) in [7, 11) is 1.38. The Bertz CT molecular complexity index is 320. The third kappa shape index (κ3) is 1.80. The number of hydrogen-bond donors (Lipinski definition) is 1. The Kier molecular flexibility index (Phi) is 2.54. The SMILES string of the molecule is COC(=O)Cc1cc2c(o1)CCNC2. The summed E-state index contributed by atoms with van der Waals surface area (Å²) in [5.41, 5.74) is 1.16. The number of rotatable bonds is 2. The lowest BCUT2D eigenvalue weighted by molar-refractivity contribution is -0.140. The van der Waals surface area contributed by atoms with E-state index in [1.54, 1.807) is 0 Å². The first kappa shape index (κ1) is 9.27. The van der Waals surface area contributed by atoms with Crippen LogP contribution in [0.1, 0.15) is 17.1 Å². The van der Waals surface area contributed by atoms with E-state index < -0.39 is 0 Å². The lowest BCUT2D eigenvalue weighted by Gasteiger charge is -2.09. The first-order valence-corrected chi connectivity index (χ1v) is 4.67. The minimum Gasteiger partial charge on any atom is -0.469 e. The summed E-state index contributed by atoms with van der Waals surface area (Å²) >= 11 is 0. The van der Waals surface area contributed by atoms with Crippen molar-refractivity contribution < 1.29 is 13.9 Å². The van der Waals surface area contributed by atoms with Crippen LogP contribution in [-0.2, 0) is 28.9 Å². The van der Waals surface area contributed by atoms with E-state index in [0.29, 0.717) is 5.76 Å². The summed E-state index contributed by atoms with van der Waals surface area (Å²) in [4.78, 5) is 11.0. The molecule has 2 heterocycles. The molecule has 0 saturated carbocycles. The van der Waals surface area contributed by atoms with Gasteiger partial charge >= 0.3 is 5.97 Å². The molecule has 1 aliphatic rings. The highest BCUT2D eigenvalue weighted by molar-refractivity contribution is 5.71. The lowest BCUT2D eigenvalue weighted by Crippen LogP contribution is -2.22. The van der Waals surface area contributed by atoms with E-state index in [1.807, 2.05) is 6.07 Å². The van der Waals surface area contributed by atoms with Crippen molar-refractivity contribution in [2.45, 2.75) is 19.4 Å².